The number of anilines is 1. The second kappa shape index (κ2) is 10.3. The van der Waals surface area contributed by atoms with Crippen molar-refractivity contribution in [2.45, 2.75) is 82.6 Å². The zero-order chi connectivity index (χ0) is 22.7. The summed E-state index contributed by atoms with van der Waals surface area (Å²) in [6, 6.07) is 7.41. The van der Waals surface area contributed by atoms with E-state index in [-0.39, 0.29) is 0 Å². The largest absolute Gasteiger partial charge is 0.462 e. The predicted octanol–water partition coefficient (Wildman–Crippen LogP) is 4.54. The van der Waals surface area contributed by atoms with Crippen LogP contribution in [0.2, 0.25) is 0 Å². The van der Waals surface area contributed by atoms with Crippen molar-refractivity contribution in [3.8, 4) is 5.75 Å². The minimum Gasteiger partial charge on any atom is -0.462 e. The van der Waals surface area contributed by atoms with Gasteiger partial charge in [-0.05, 0) is 56.2 Å². The lowest BCUT2D eigenvalue weighted by Crippen LogP contribution is -2.54. The molecule has 3 heterocycles. The molecule has 6 nitrogen and oxygen atoms in total. The van der Waals surface area contributed by atoms with Crippen LogP contribution in [0.5, 0.6) is 5.75 Å². The first-order valence-corrected chi connectivity index (χ1v) is 13.1. The molecule has 3 aliphatic heterocycles. The molecule has 1 aromatic rings. The molecule has 1 spiro atoms. The van der Waals surface area contributed by atoms with Crippen molar-refractivity contribution in [2.24, 2.45) is 5.92 Å². The number of ketones is 1. The topological polar surface area (TPSA) is 51.2 Å². The molecule has 5 rings (SSSR count). The van der Waals surface area contributed by atoms with Gasteiger partial charge in [-0.25, -0.2) is 0 Å². The molecule has 0 unspecified atom stereocenters. The fraction of sp³-hybridized carbons (Fsp3) is 0.741. The minimum absolute atomic E-state index is 0.390. The second-order valence-corrected chi connectivity index (χ2v) is 10.5. The average Bonchev–Trinajstić information content (AvgIpc) is 2.80. The van der Waals surface area contributed by atoms with Gasteiger partial charge in [-0.1, -0.05) is 6.42 Å². The van der Waals surface area contributed by atoms with E-state index in [1.807, 2.05) is 0 Å². The summed E-state index contributed by atoms with van der Waals surface area (Å²) in [4.78, 5) is 17.3. The van der Waals surface area contributed by atoms with Gasteiger partial charge in [0.15, 0.2) is 0 Å². The van der Waals surface area contributed by atoms with Crippen LogP contribution in [0.3, 0.4) is 0 Å². The standard InChI is InChI=1S/C27H40N2O4/c1-31-17-3-6-25(30)18-21-9-13-28(14-10-21)24-7-8-26-22(19-24)20-32-27(33-26)11-15-29(16-12-27)23-4-2-5-23/h7-8,19,21,23H,2-6,9-18,20H2,1H3. The van der Waals surface area contributed by atoms with Crippen LogP contribution in [-0.4, -0.2) is 62.4 Å². The molecule has 0 amide bonds. The van der Waals surface area contributed by atoms with E-state index >= 15 is 0 Å². The molecule has 0 N–H and O–H groups in total. The number of likely N-dealkylation sites (tertiary alicyclic amines) is 1. The van der Waals surface area contributed by atoms with Crippen LogP contribution in [-0.2, 0) is 20.9 Å². The highest BCUT2D eigenvalue weighted by Gasteiger charge is 2.42. The minimum atomic E-state index is -0.428. The molecule has 4 aliphatic rings. The van der Waals surface area contributed by atoms with E-state index in [2.05, 4.69) is 28.0 Å². The summed E-state index contributed by atoms with van der Waals surface area (Å²) < 4.78 is 17.9. The van der Waals surface area contributed by atoms with Crippen molar-refractivity contribution in [3.63, 3.8) is 0 Å². The van der Waals surface area contributed by atoms with Gasteiger partial charge < -0.3 is 19.1 Å². The van der Waals surface area contributed by atoms with Crippen LogP contribution in [0, 0.1) is 5.92 Å². The van der Waals surface area contributed by atoms with Crippen LogP contribution in [0.15, 0.2) is 18.2 Å². The van der Waals surface area contributed by atoms with Gasteiger partial charge >= 0.3 is 0 Å². The third-order valence-electron chi connectivity index (χ3n) is 8.28. The maximum absolute atomic E-state index is 12.2. The van der Waals surface area contributed by atoms with Crippen molar-refractivity contribution in [1.82, 2.24) is 4.90 Å². The zero-order valence-corrected chi connectivity index (χ0v) is 20.2. The van der Waals surface area contributed by atoms with Gasteiger partial charge in [-0.3, -0.25) is 9.69 Å². The highest BCUT2D eigenvalue weighted by molar-refractivity contribution is 5.78. The van der Waals surface area contributed by atoms with Crippen LogP contribution in [0.4, 0.5) is 5.69 Å². The summed E-state index contributed by atoms with van der Waals surface area (Å²) in [6.45, 7) is 5.51. The third-order valence-corrected chi connectivity index (χ3v) is 8.28. The van der Waals surface area contributed by atoms with E-state index in [1.165, 1.54) is 24.9 Å². The van der Waals surface area contributed by atoms with E-state index in [1.54, 1.807) is 7.11 Å². The molecule has 1 aliphatic carbocycles. The molecule has 0 atom stereocenters. The fourth-order valence-corrected chi connectivity index (χ4v) is 5.88. The van der Waals surface area contributed by atoms with Gasteiger partial charge in [0.1, 0.15) is 11.5 Å². The lowest BCUT2D eigenvalue weighted by Gasteiger charge is -2.47. The van der Waals surface area contributed by atoms with Gasteiger partial charge in [-0.15, -0.1) is 0 Å². The van der Waals surface area contributed by atoms with Gasteiger partial charge in [0.05, 0.1) is 6.61 Å². The number of Topliss-reactive ketones (excluding diaryl/α,β-unsaturated/α-hetero) is 1. The molecule has 2 saturated heterocycles. The van der Waals surface area contributed by atoms with Gasteiger partial charge in [0.25, 0.3) is 0 Å². The van der Waals surface area contributed by atoms with Crippen molar-refractivity contribution in [2.75, 3.05) is 44.8 Å². The van der Waals surface area contributed by atoms with Crippen LogP contribution in [0.25, 0.3) is 0 Å². The van der Waals surface area contributed by atoms with Gasteiger partial charge in [-0.2, -0.15) is 0 Å². The Labute approximate surface area is 198 Å². The number of ether oxygens (including phenoxy) is 3. The van der Waals surface area contributed by atoms with Crippen molar-refractivity contribution < 1.29 is 19.0 Å². The predicted molar refractivity (Wildman–Crippen MR) is 129 cm³/mol. The number of piperidine rings is 2. The molecule has 0 radical (unpaired) electrons. The Morgan fingerprint density at radius 3 is 2.61 bits per heavy atom. The quantitative estimate of drug-likeness (QED) is 0.535. The Bertz CT molecular complexity index is 808. The lowest BCUT2D eigenvalue weighted by molar-refractivity contribution is -0.231. The first-order chi connectivity index (χ1) is 16.1. The molecule has 182 valence electrons. The average molecular weight is 457 g/mol. The molecular formula is C27H40N2O4. The molecule has 6 heteroatoms. The summed E-state index contributed by atoms with van der Waals surface area (Å²) >= 11 is 0. The highest BCUT2D eigenvalue weighted by atomic mass is 16.7. The molecule has 0 bridgehead atoms. The van der Waals surface area contributed by atoms with E-state index in [4.69, 9.17) is 14.2 Å². The molecular weight excluding hydrogens is 416 g/mol. The fourth-order valence-electron chi connectivity index (χ4n) is 5.88. The summed E-state index contributed by atoms with van der Waals surface area (Å²) in [5.41, 5.74) is 2.41. The van der Waals surface area contributed by atoms with Gasteiger partial charge in [0, 0.05) is 82.9 Å². The third kappa shape index (κ3) is 5.39. The van der Waals surface area contributed by atoms with Crippen LogP contribution in [0.1, 0.15) is 69.8 Å². The number of carbonyl (C=O) groups is 1. The Balaban J connectivity index is 1.11. The number of fused-ring (bicyclic) bond motifs is 1. The first-order valence-electron chi connectivity index (χ1n) is 13.1. The molecule has 1 aromatic carbocycles. The number of methoxy groups -OCH3 is 1. The Hall–Kier alpha value is -1.63. The Morgan fingerprint density at radius 2 is 1.91 bits per heavy atom. The van der Waals surface area contributed by atoms with E-state index in [9.17, 15) is 4.79 Å². The number of nitrogens with zero attached hydrogens (tertiary/aromatic N) is 2. The number of hydrogen-bond donors (Lipinski definition) is 0. The smallest absolute Gasteiger partial charge is 0.213 e. The number of carbonyl (C=O) groups excluding carboxylic acids is 1. The van der Waals surface area contributed by atoms with Crippen molar-refractivity contribution in [3.05, 3.63) is 23.8 Å². The van der Waals surface area contributed by atoms with Crippen LogP contribution < -0.4 is 9.64 Å². The maximum atomic E-state index is 12.2. The number of benzene rings is 1. The Kier molecular flexibility index (Phi) is 7.24. The lowest BCUT2D eigenvalue weighted by atomic mass is 9.89. The summed E-state index contributed by atoms with van der Waals surface area (Å²) in [5.74, 6) is 1.48. The van der Waals surface area contributed by atoms with E-state index in [0.29, 0.717) is 31.3 Å². The highest BCUT2D eigenvalue weighted by Crippen LogP contribution is 2.40. The Morgan fingerprint density at radius 1 is 1.12 bits per heavy atom. The maximum Gasteiger partial charge on any atom is 0.213 e. The molecule has 33 heavy (non-hydrogen) atoms. The van der Waals surface area contributed by atoms with E-state index in [0.717, 1.165) is 82.1 Å². The first kappa shape index (κ1) is 23.1. The molecule has 0 aromatic heterocycles. The summed E-state index contributed by atoms with van der Waals surface area (Å²) in [6.07, 6.45) is 10.4. The monoisotopic (exact) mass is 456 g/mol. The zero-order valence-electron chi connectivity index (χ0n) is 20.2. The van der Waals surface area contributed by atoms with Crippen LogP contribution >= 0.6 is 0 Å². The summed E-state index contributed by atoms with van der Waals surface area (Å²) in [5, 5.41) is 0. The summed E-state index contributed by atoms with van der Waals surface area (Å²) in [7, 11) is 1.69. The molecule has 1 saturated carbocycles. The normalized spacial score (nSPS) is 23.7. The van der Waals surface area contributed by atoms with Crippen molar-refractivity contribution in [1.29, 1.82) is 0 Å². The molecule has 3 fully saturated rings. The van der Waals surface area contributed by atoms with Gasteiger partial charge in [0.2, 0.25) is 5.79 Å². The van der Waals surface area contributed by atoms with Crippen molar-refractivity contribution >= 4 is 11.5 Å². The second-order valence-electron chi connectivity index (χ2n) is 10.5. The number of hydrogen-bond acceptors (Lipinski definition) is 6. The number of rotatable bonds is 8. The van der Waals surface area contributed by atoms with E-state index < -0.39 is 5.79 Å². The SMILES string of the molecule is COCCCC(=O)CC1CCN(c2ccc3c(c2)COC2(CCN(C4CCC4)CC2)O3)CC1.